The molecule has 0 radical (unpaired) electrons. The third-order valence-electron chi connectivity index (χ3n) is 2.34. The summed E-state index contributed by atoms with van der Waals surface area (Å²) in [6, 6.07) is 9.70. The zero-order valence-electron chi connectivity index (χ0n) is 8.35. The van der Waals surface area contributed by atoms with E-state index in [1.54, 1.807) is 6.08 Å². The molecule has 1 heterocycles. The Hall–Kier alpha value is -1.83. The Kier molecular flexibility index (Phi) is 2.68. The van der Waals surface area contributed by atoms with E-state index in [1.165, 1.54) is 0 Å². The Morgan fingerprint density at radius 1 is 1.33 bits per heavy atom. The Bertz CT molecular complexity index is 404. The summed E-state index contributed by atoms with van der Waals surface area (Å²) in [7, 11) is 0. The molecule has 15 heavy (non-hydrogen) atoms. The van der Waals surface area contributed by atoms with Crippen LogP contribution in [0.25, 0.3) is 0 Å². The molecule has 1 unspecified atom stereocenters. The topological polar surface area (TPSA) is 26.3 Å². The van der Waals surface area contributed by atoms with Crippen LogP contribution in [-0.4, -0.2) is 5.97 Å². The maximum absolute atomic E-state index is 11.4. The zero-order chi connectivity index (χ0) is 10.7. The van der Waals surface area contributed by atoms with Crippen LogP contribution in [0.4, 0.5) is 0 Å². The van der Waals surface area contributed by atoms with E-state index < -0.39 is 0 Å². The highest BCUT2D eigenvalue weighted by Crippen LogP contribution is 2.28. The largest absolute Gasteiger partial charge is 0.450 e. The first-order chi connectivity index (χ1) is 7.31. The van der Waals surface area contributed by atoms with Gasteiger partial charge in [-0.25, -0.2) is 4.79 Å². The van der Waals surface area contributed by atoms with Gasteiger partial charge >= 0.3 is 5.97 Å². The lowest BCUT2D eigenvalue weighted by molar-refractivity contribution is -0.139. The van der Waals surface area contributed by atoms with Gasteiger partial charge in [0.2, 0.25) is 0 Å². The molecule has 0 saturated heterocycles. The quantitative estimate of drug-likeness (QED) is 0.554. The highest BCUT2D eigenvalue weighted by atomic mass is 16.5. The van der Waals surface area contributed by atoms with Gasteiger partial charge in [0.1, 0.15) is 6.10 Å². The summed E-state index contributed by atoms with van der Waals surface area (Å²) in [6.45, 7) is 3.61. The molecule has 0 N–H and O–H groups in total. The highest BCUT2D eigenvalue weighted by Gasteiger charge is 2.25. The number of esters is 1. The maximum atomic E-state index is 11.4. The Labute approximate surface area is 88.9 Å². The van der Waals surface area contributed by atoms with Gasteiger partial charge in [-0.15, -0.1) is 6.58 Å². The smallest absolute Gasteiger partial charge is 0.335 e. The van der Waals surface area contributed by atoms with E-state index in [1.807, 2.05) is 36.4 Å². The van der Waals surface area contributed by atoms with Gasteiger partial charge in [0.25, 0.3) is 0 Å². The van der Waals surface area contributed by atoms with E-state index in [2.05, 4.69) is 6.58 Å². The molecule has 0 spiro atoms. The first-order valence-electron chi connectivity index (χ1n) is 4.89. The van der Waals surface area contributed by atoms with Crippen LogP contribution >= 0.6 is 0 Å². The first kappa shape index (κ1) is 9.71. The molecule has 0 bridgehead atoms. The van der Waals surface area contributed by atoms with Crippen molar-refractivity contribution in [2.24, 2.45) is 0 Å². The van der Waals surface area contributed by atoms with Gasteiger partial charge in [0.15, 0.2) is 0 Å². The minimum atomic E-state index is -0.233. The molecule has 0 aliphatic carbocycles. The van der Waals surface area contributed by atoms with Crippen LogP contribution in [0.5, 0.6) is 0 Å². The van der Waals surface area contributed by atoms with Gasteiger partial charge in [-0.1, -0.05) is 36.4 Å². The Balaban J connectivity index is 2.21. The van der Waals surface area contributed by atoms with Crippen LogP contribution in [0.2, 0.25) is 0 Å². The number of hydrogen-bond acceptors (Lipinski definition) is 2. The second-order valence-electron chi connectivity index (χ2n) is 3.42. The number of rotatable bonds is 3. The molecule has 76 valence electrons. The molecule has 2 rings (SSSR count). The fourth-order valence-corrected chi connectivity index (χ4v) is 1.59. The van der Waals surface area contributed by atoms with Crippen molar-refractivity contribution in [2.45, 2.75) is 12.5 Å². The average molecular weight is 200 g/mol. The third-order valence-corrected chi connectivity index (χ3v) is 2.34. The van der Waals surface area contributed by atoms with Crippen molar-refractivity contribution in [3.05, 3.63) is 60.2 Å². The van der Waals surface area contributed by atoms with Gasteiger partial charge in [-0.05, 0) is 18.1 Å². The first-order valence-corrected chi connectivity index (χ1v) is 4.89. The predicted molar refractivity (Wildman–Crippen MR) is 58.2 cm³/mol. The normalized spacial score (nSPS) is 19.6. The molecule has 1 atom stereocenters. The summed E-state index contributed by atoms with van der Waals surface area (Å²) in [5.41, 5.74) is 1.70. The van der Waals surface area contributed by atoms with Crippen molar-refractivity contribution in [3.8, 4) is 0 Å². The molecule has 1 aliphatic rings. The van der Waals surface area contributed by atoms with E-state index in [0.717, 1.165) is 5.56 Å². The lowest BCUT2D eigenvalue weighted by Crippen LogP contribution is -2.01. The van der Waals surface area contributed by atoms with Crippen molar-refractivity contribution >= 4 is 5.97 Å². The van der Waals surface area contributed by atoms with E-state index >= 15 is 0 Å². The Morgan fingerprint density at radius 2 is 2.07 bits per heavy atom. The average Bonchev–Trinajstić information content (AvgIpc) is 2.63. The van der Waals surface area contributed by atoms with Crippen LogP contribution in [0.15, 0.2) is 54.6 Å². The summed E-state index contributed by atoms with van der Waals surface area (Å²) < 4.78 is 5.23. The van der Waals surface area contributed by atoms with Gasteiger partial charge in [-0.3, -0.25) is 0 Å². The number of carbonyl (C=O) groups is 1. The standard InChI is InChI=1S/C13H12O2/c1-2-6-11-9-12(15-13(11)14)10-7-4-3-5-8-10/h2-5,7-9,12H,1,6H2. The molecule has 0 amide bonds. The summed E-state index contributed by atoms with van der Waals surface area (Å²) in [6.07, 6.45) is 3.91. The van der Waals surface area contributed by atoms with Gasteiger partial charge in [0, 0.05) is 5.57 Å². The summed E-state index contributed by atoms with van der Waals surface area (Å²) in [5, 5.41) is 0. The minimum Gasteiger partial charge on any atom is -0.450 e. The van der Waals surface area contributed by atoms with Crippen molar-refractivity contribution in [3.63, 3.8) is 0 Å². The molecule has 1 aliphatic heterocycles. The monoisotopic (exact) mass is 200 g/mol. The summed E-state index contributed by atoms with van der Waals surface area (Å²) in [5.74, 6) is -0.233. The number of ether oxygens (including phenoxy) is 1. The SMILES string of the molecule is C=CCC1=CC(c2ccccc2)OC1=O. The zero-order valence-corrected chi connectivity index (χ0v) is 8.35. The molecule has 1 aromatic rings. The molecule has 2 nitrogen and oxygen atoms in total. The van der Waals surface area contributed by atoms with Crippen LogP contribution in [0.1, 0.15) is 18.1 Å². The molecule has 0 saturated carbocycles. The molecular weight excluding hydrogens is 188 g/mol. The van der Waals surface area contributed by atoms with Crippen molar-refractivity contribution in [1.29, 1.82) is 0 Å². The molecule has 0 fully saturated rings. The summed E-state index contributed by atoms with van der Waals surface area (Å²) in [4.78, 5) is 11.4. The van der Waals surface area contributed by atoms with E-state index in [9.17, 15) is 4.79 Å². The van der Waals surface area contributed by atoms with Gasteiger partial charge < -0.3 is 4.74 Å². The van der Waals surface area contributed by atoms with E-state index in [0.29, 0.717) is 12.0 Å². The lowest BCUT2D eigenvalue weighted by atomic mass is 10.1. The van der Waals surface area contributed by atoms with Crippen LogP contribution < -0.4 is 0 Å². The number of cyclic esters (lactones) is 1. The van der Waals surface area contributed by atoms with Gasteiger partial charge in [-0.2, -0.15) is 0 Å². The number of carbonyl (C=O) groups excluding carboxylic acids is 1. The fourth-order valence-electron chi connectivity index (χ4n) is 1.59. The predicted octanol–water partition coefficient (Wildman–Crippen LogP) is 2.79. The van der Waals surface area contributed by atoms with Crippen molar-refractivity contribution in [1.82, 2.24) is 0 Å². The summed E-state index contributed by atoms with van der Waals surface area (Å²) >= 11 is 0. The minimum absolute atomic E-state index is 0.228. The van der Waals surface area contributed by atoms with Gasteiger partial charge in [0.05, 0.1) is 0 Å². The molecule has 1 aromatic carbocycles. The van der Waals surface area contributed by atoms with E-state index in [-0.39, 0.29) is 12.1 Å². The number of allylic oxidation sites excluding steroid dienone is 1. The molecule has 0 aromatic heterocycles. The second-order valence-corrected chi connectivity index (χ2v) is 3.42. The number of benzene rings is 1. The fraction of sp³-hybridized carbons (Fsp3) is 0.154. The lowest BCUT2D eigenvalue weighted by Gasteiger charge is -2.07. The third kappa shape index (κ3) is 1.99. The van der Waals surface area contributed by atoms with Crippen molar-refractivity contribution in [2.75, 3.05) is 0 Å². The van der Waals surface area contributed by atoms with Crippen LogP contribution in [0.3, 0.4) is 0 Å². The Morgan fingerprint density at radius 3 is 2.73 bits per heavy atom. The van der Waals surface area contributed by atoms with Crippen LogP contribution in [-0.2, 0) is 9.53 Å². The van der Waals surface area contributed by atoms with E-state index in [4.69, 9.17) is 4.74 Å². The van der Waals surface area contributed by atoms with Crippen LogP contribution in [0, 0.1) is 0 Å². The molecular formula is C13H12O2. The second kappa shape index (κ2) is 4.13. The maximum Gasteiger partial charge on any atom is 0.335 e. The number of hydrogen-bond donors (Lipinski definition) is 0. The molecule has 2 heteroatoms. The van der Waals surface area contributed by atoms with Crippen molar-refractivity contribution < 1.29 is 9.53 Å². The highest BCUT2D eigenvalue weighted by molar-refractivity contribution is 5.91.